The van der Waals surface area contributed by atoms with E-state index in [0.717, 1.165) is 44.0 Å². The van der Waals surface area contributed by atoms with Gasteiger partial charge in [-0.05, 0) is 25.5 Å². The zero-order valence-corrected chi connectivity index (χ0v) is 12.5. The Balaban J connectivity index is 2.66. The minimum Gasteiger partial charge on any atom is -0.493 e. The summed E-state index contributed by atoms with van der Waals surface area (Å²) in [6.07, 6.45) is 4.64. The molecule has 1 aromatic rings. The van der Waals surface area contributed by atoms with Gasteiger partial charge in [0.05, 0.1) is 13.7 Å². The number of rotatable bonds is 10. The van der Waals surface area contributed by atoms with Gasteiger partial charge in [-0.15, -0.1) is 0 Å². The Kier molecular flexibility index (Phi) is 8.07. The monoisotopic (exact) mass is 265 g/mol. The second-order valence-electron chi connectivity index (χ2n) is 4.68. The van der Waals surface area contributed by atoms with Gasteiger partial charge in [-0.3, -0.25) is 0 Å². The second-order valence-corrected chi connectivity index (χ2v) is 4.68. The molecule has 0 amide bonds. The lowest BCUT2D eigenvalue weighted by atomic mass is 10.1. The lowest BCUT2D eigenvalue weighted by Crippen LogP contribution is -2.15. The van der Waals surface area contributed by atoms with Gasteiger partial charge in [0, 0.05) is 12.1 Å². The van der Waals surface area contributed by atoms with Gasteiger partial charge in [0.2, 0.25) is 0 Å². The van der Waals surface area contributed by atoms with Crippen LogP contribution < -0.4 is 14.8 Å². The van der Waals surface area contributed by atoms with E-state index in [-0.39, 0.29) is 0 Å². The number of hydrogen-bond acceptors (Lipinski definition) is 3. The van der Waals surface area contributed by atoms with Crippen LogP contribution in [-0.4, -0.2) is 20.3 Å². The van der Waals surface area contributed by atoms with E-state index in [1.54, 1.807) is 7.11 Å². The summed E-state index contributed by atoms with van der Waals surface area (Å²) >= 11 is 0. The molecule has 0 aliphatic carbocycles. The first-order valence-electron chi connectivity index (χ1n) is 7.32. The molecular weight excluding hydrogens is 238 g/mol. The molecule has 19 heavy (non-hydrogen) atoms. The predicted octanol–water partition coefficient (Wildman–Crippen LogP) is 3.76. The molecule has 0 saturated carbocycles. The number of methoxy groups -OCH3 is 1. The van der Waals surface area contributed by atoms with E-state index in [1.165, 1.54) is 18.4 Å². The zero-order valence-electron chi connectivity index (χ0n) is 12.5. The molecule has 0 saturated heterocycles. The highest BCUT2D eigenvalue weighted by molar-refractivity contribution is 5.46. The largest absolute Gasteiger partial charge is 0.493 e. The average molecular weight is 265 g/mol. The van der Waals surface area contributed by atoms with Gasteiger partial charge in [-0.2, -0.15) is 0 Å². The summed E-state index contributed by atoms with van der Waals surface area (Å²) in [5, 5.41) is 3.41. The number of benzene rings is 1. The maximum atomic E-state index is 5.93. The number of para-hydroxylation sites is 1. The molecular formula is C16H27NO2. The van der Waals surface area contributed by atoms with Crippen LogP contribution in [0.4, 0.5) is 0 Å². The minimum atomic E-state index is 0.759. The fourth-order valence-electron chi connectivity index (χ4n) is 1.95. The third kappa shape index (κ3) is 5.52. The molecule has 0 aliphatic rings. The van der Waals surface area contributed by atoms with Gasteiger partial charge in [0.1, 0.15) is 0 Å². The SMILES string of the molecule is CCCCCOc1c(CNCCC)cccc1OC. The highest BCUT2D eigenvalue weighted by atomic mass is 16.5. The summed E-state index contributed by atoms with van der Waals surface area (Å²) in [7, 11) is 1.69. The first-order valence-corrected chi connectivity index (χ1v) is 7.32. The quantitative estimate of drug-likeness (QED) is 0.653. The van der Waals surface area contributed by atoms with Crippen LogP contribution in [0.2, 0.25) is 0 Å². The molecule has 3 heteroatoms. The fraction of sp³-hybridized carbons (Fsp3) is 0.625. The normalized spacial score (nSPS) is 10.5. The smallest absolute Gasteiger partial charge is 0.165 e. The standard InChI is InChI=1S/C16H27NO2/c1-4-6-7-12-19-16-14(13-17-11-5-2)9-8-10-15(16)18-3/h8-10,17H,4-7,11-13H2,1-3H3. The lowest BCUT2D eigenvalue weighted by molar-refractivity contribution is 0.282. The number of ether oxygens (including phenoxy) is 2. The van der Waals surface area contributed by atoms with Crippen molar-refractivity contribution in [3.8, 4) is 11.5 Å². The van der Waals surface area contributed by atoms with Crippen LogP contribution in [0.5, 0.6) is 11.5 Å². The molecule has 0 heterocycles. The summed E-state index contributed by atoms with van der Waals surface area (Å²) < 4.78 is 11.3. The zero-order chi connectivity index (χ0) is 13.9. The van der Waals surface area contributed by atoms with E-state index in [1.807, 2.05) is 12.1 Å². The highest BCUT2D eigenvalue weighted by Crippen LogP contribution is 2.31. The Morgan fingerprint density at radius 1 is 1.11 bits per heavy atom. The molecule has 0 unspecified atom stereocenters. The van der Waals surface area contributed by atoms with Crippen molar-refractivity contribution >= 4 is 0 Å². The minimum absolute atomic E-state index is 0.759. The number of hydrogen-bond donors (Lipinski definition) is 1. The molecule has 3 nitrogen and oxygen atoms in total. The van der Waals surface area contributed by atoms with Gasteiger partial charge in [0.25, 0.3) is 0 Å². The van der Waals surface area contributed by atoms with Crippen molar-refractivity contribution in [2.24, 2.45) is 0 Å². The molecule has 0 atom stereocenters. The molecule has 1 aromatic carbocycles. The first-order chi connectivity index (χ1) is 9.33. The van der Waals surface area contributed by atoms with E-state index < -0.39 is 0 Å². The lowest BCUT2D eigenvalue weighted by Gasteiger charge is -2.15. The van der Waals surface area contributed by atoms with E-state index in [2.05, 4.69) is 25.2 Å². The summed E-state index contributed by atoms with van der Waals surface area (Å²) in [5.74, 6) is 1.72. The predicted molar refractivity (Wildman–Crippen MR) is 80.0 cm³/mol. The van der Waals surface area contributed by atoms with Crippen molar-refractivity contribution in [3.63, 3.8) is 0 Å². The summed E-state index contributed by atoms with van der Waals surface area (Å²) in [6, 6.07) is 6.07. The fourth-order valence-corrected chi connectivity index (χ4v) is 1.95. The second kappa shape index (κ2) is 9.68. The molecule has 0 aliphatic heterocycles. The number of nitrogens with one attached hydrogen (secondary N) is 1. The molecule has 108 valence electrons. The third-order valence-corrected chi connectivity index (χ3v) is 3.02. The van der Waals surface area contributed by atoms with Crippen LogP contribution in [0.25, 0.3) is 0 Å². The maximum Gasteiger partial charge on any atom is 0.165 e. The van der Waals surface area contributed by atoms with Crippen molar-refractivity contribution in [1.29, 1.82) is 0 Å². The van der Waals surface area contributed by atoms with Crippen LogP contribution >= 0.6 is 0 Å². The molecule has 0 aromatic heterocycles. The summed E-state index contributed by atoms with van der Waals surface area (Å²) in [6.45, 7) is 6.97. The van der Waals surface area contributed by atoms with Crippen molar-refractivity contribution < 1.29 is 9.47 Å². The Bertz CT molecular complexity index is 353. The Morgan fingerprint density at radius 3 is 2.63 bits per heavy atom. The van der Waals surface area contributed by atoms with Gasteiger partial charge in [-0.25, -0.2) is 0 Å². The molecule has 0 radical (unpaired) electrons. The van der Waals surface area contributed by atoms with E-state index in [0.29, 0.717) is 0 Å². The van der Waals surface area contributed by atoms with Crippen LogP contribution in [0.3, 0.4) is 0 Å². The van der Waals surface area contributed by atoms with Crippen LogP contribution in [0.15, 0.2) is 18.2 Å². The van der Waals surface area contributed by atoms with Gasteiger partial charge >= 0.3 is 0 Å². The van der Waals surface area contributed by atoms with E-state index in [4.69, 9.17) is 9.47 Å². The summed E-state index contributed by atoms with van der Waals surface area (Å²) in [4.78, 5) is 0. The topological polar surface area (TPSA) is 30.5 Å². The molecule has 1 N–H and O–H groups in total. The van der Waals surface area contributed by atoms with Crippen LogP contribution in [0.1, 0.15) is 45.1 Å². The Morgan fingerprint density at radius 2 is 1.95 bits per heavy atom. The third-order valence-electron chi connectivity index (χ3n) is 3.02. The summed E-state index contributed by atoms with van der Waals surface area (Å²) in [5.41, 5.74) is 1.17. The molecule has 1 rings (SSSR count). The Hall–Kier alpha value is -1.22. The molecule has 0 spiro atoms. The van der Waals surface area contributed by atoms with Gasteiger partial charge in [0.15, 0.2) is 11.5 Å². The van der Waals surface area contributed by atoms with E-state index in [9.17, 15) is 0 Å². The van der Waals surface area contributed by atoms with Crippen molar-refractivity contribution in [2.45, 2.75) is 46.1 Å². The van der Waals surface area contributed by atoms with Crippen LogP contribution in [0, 0.1) is 0 Å². The van der Waals surface area contributed by atoms with Gasteiger partial charge < -0.3 is 14.8 Å². The molecule has 0 fully saturated rings. The van der Waals surface area contributed by atoms with E-state index >= 15 is 0 Å². The molecule has 0 bridgehead atoms. The maximum absolute atomic E-state index is 5.93. The Labute approximate surface area is 117 Å². The van der Waals surface area contributed by atoms with Crippen molar-refractivity contribution in [3.05, 3.63) is 23.8 Å². The first kappa shape index (κ1) is 15.8. The highest BCUT2D eigenvalue weighted by Gasteiger charge is 2.09. The number of unbranched alkanes of at least 4 members (excludes halogenated alkanes) is 2. The van der Waals surface area contributed by atoms with Gasteiger partial charge in [-0.1, -0.05) is 38.8 Å². The average Bonchev–Trinajstić information content (AvgIpc) is 2.44. The van der Waals surface area contributed by atoms with Crippen molar-refractivity contribution in [2.75, 3.05) is 20.3 Å². The van der Waals surface area contributed by atoms with Crippen LogP contribution in [-0.2, 0) is 6.54 Å². The van der Waals surface area contributed by atoms with Crippen molar-refractivity contribution in [1.82, 2.24) is 5.32 Å².